The Morgan fingerprint density at radius 3 is 2.61 bits per heavy atom. The van der Waals surface area contributed by atoms with E-state index in [2.05, 4.69) is 15.5 Å². The molecule has 4 N–H and O–H groups in total. The lowest BCUT2D eigenvalue weighted by atomic mass is 9.53. The van der Waals surface area contributed by atoms with Crippen LogP contribution < -0.4 is 20.5 Å². The van der Waals surface area contributed by atoms with Crippen molar-refractivity contribution < 1.29 is 24.2 Å². The van der Waals surface area contributed by atoms with Gasteiger partial charge in [0, 0.05) is 25.2 Å². The predicted octanol–water partition coefficient (Wildman–Crippen LogP) is 2.31. The number of aromatic nitrogens is 4. The van der Waals surface area contributed by atoms with Gasteiger partial charge in [-0.2, -0.15) is 5.10 Å². The minimum absolute atomic E-state index is 0.00654. The Morgan fingerprint density at radius 2 is 1.95 bits per heavy atom. The number of nitrogens with zero attached hydrogens (tertiary/aromatic N) is 4. The fourth-order valence-electron chi connectivity index (χ4n) is 5.89. The van der Waals surface area contributed by atoms with Gasteiger partial charge in [-0.25, -0.2) is 4.52 Å². The van der Waals surface area contributed by atoms with Gasteiger partial charge in [0.2, 0.25) is 5.88 Å². The second-order valence-electron chi connectivity index (χ2n) is 11.9. The summed E-state index contributed by atoms with van der Waals surface area (Å²) in [6.45, 7) is 3.59. The van der Waals surface area contributed by atoms with Crippen LogP contribution in [0.4, 0.5) is 0 Å². The number of rotatable bonds is 9. The zero-order valence-electron chi connectivity index (χ0n) is 21.9. The van der Waals surface area contributed by atoms with Crippen LogP contribution in [0.5, 0.6) is 11.6 Å². The zero-order valence-corrected chi connectivity index (χ0v) is 21.9. The molecule has 0 aromatic carbocycles. The summed E-state index contributed by atoms with van der Waals surface area (Å²) in [5.41, 5.74) is 7.20. The first-order valence-corrected chi connectivity index (χ1v) is 13.2. The van der Waals surface area contributed by atoms with Crippen molar-refractivity contribution in [2.75, 3.05) is 6.61 Å². The molecule has 3 aliphatic rings. The van der Waals surface area contributed by atoms with Crippen LogP contribution in [-0.4, -0.2) is 60.7 Å². The Balaban J connectivity index is 1.07. The van der Waals surface area contributed by atoms with Crippen LogP contribution in [-0.2, 0) is 7.05 Å². The summed E-state index contributed by atoms with van der Waals surface area (Å²) in [5.74, 6) is 0.656. The van der Waals surface area contributed by atoms with Crippen molar-refractivity contribution in [3.63, 3.8) is 0 Å². The number of carbonyl (C=O) groups excluding carboxylic acids is 2. The molecule has 6 rings (SSSR count). The third-order valence-corrected chi connectivity index (χ3v) is 7.82. The largest absolute Gasteiger partial charge is 0.489 e. The monoisotopic (exact) mass is 522 g/mol. The van der Waals surface area contributed by atoms with E-state index in [0.29, 0.717) is 22.8 Å². The normalized spacial score (nSPS) is 24.6. The Kier molecular flexibility index (Phi) is 5.67. The van der Waals surface area contributed by atoms with Gasteiger partial charge in [0.05, 0.1) is 28.6 Å². The number of aliphatic hydroxyl groups is 1. The fourth-order valence-corrected chi connectivity index (χ4v) is 5.89. The van der Waals surface area contributed by atoms with Crippen molar-refractivity contribution in [3.05, 3.63) is 41.3 Å². The predicted molar refractivity (Wildman–Crippen MR) is 137 cm³/mol. The van der Waals surface area contributed by atoms with Crippen LogP contribution in [0.2, 0.25) is 0 Å². The van der Waals surface area contributed by atoms with Gasteiger partial charge in [0.15, 0.2) is 0 Å². The summed E-state index contributed by atoms with van der Waals surface area (Å²) in [5, 5.41) is 22.0. The highest BCUT2D eigenvalue weighted by atomic mass is 16.5. The van der Waals surface area contributed by atoms with Crippen molar-refractivity contribution >= 4 is 17.3 Å². The number of fused-ring (bicyclic) bond motifs is 1. The van der Waals surface area contributed by atoms with Crippen LogP contribution in [0.3, 0.4) is 0 Å². The maximum absolute atomic E-state index is 13.2. The fraction of sp³-hybridized carbons (Fsp3) is 0.556. The molecule has 11 heteroatoms. The van der Waals surface area contributed by atoms with Crippen LogP contribution in [0.1, 0.15) is 84.7 Å². The summed E-state index contributed by atoms with van der Waals surface area (Å²) in [6.07, 6.45) is 8.81. The van der Waals surface area contributed by atoms with Gasteiger partial charge in [0.25, 0.3) is 11.8 Å². The standard InChI is InChI=1S/C27H34N6O5/c1-26(2,36)14-37-21-7-6-20-18(12-29-33(20)22(21)15-4-5-15)24(35)30-16-8-27(9-16)10-17(11-27)38-25-19(23(28)34)13-32(3)31-25/h6-7,12-13,15-17,36H,4-5,8-11,14H2,1-3H3,(H2,28,34)(H,30,35)/t16-,17-,27?. The molecule has 0 bridgehead atoms. The van der Waals surface area contributed by atoms with Crippen LogP contribution >= 0.6 is 0 Å². The molecular formula is C27H34N6O5. The summed E-state index contributed by atoms with van der Waals surface area (Å²) in [7, 11) is 1.72. The minimum atomic E-state index is -0.942. The van der Waals surface area contributed by atoms with Crippen molar-refractivity contribution in [2.24, 2.45) is 18.2 Å². The van der Waals surface area contributed by atoms with E-state index >= 15 is 0 Å². The Bertz CT molecular complexity index is 1400. The van der Waals surface area contributed by atoms with Gasteiger partial charge in [-0.15, -0.1) is 5.10 Å². The third-order valence-electron chi connectivity index (χ3n) is 7.82. The number of pyridine rings is 1. The maximum atomic E-state index is 13.2. The molecule has 3 aromatic rings. The van der Waals surface area contributed by atoms with E-state index in [-0.39, 0.29) is 36.0 Å². The minimum Gasteiger partial charge on any atom is -0.489 e. The molecule has 11 nitrogen and oxygen atoms in total. The van der Waals surface area contributed by atoms with E-state index in [1.54, 1.807) is 33.3 Å². The smallest absolute Gasteiger partial charge is 0.255 e. The van der Waals surface area contributed by atoms with Crippen LogP contribution in [0.25, 0.3) is 5.52 Å². The number of nitrogens with one attached hydrogen (secondary N) is 1. The lowest BCUT2D eigenvalue weighted by Crippen LogP contribution is -2.58. The number of carbonyl (C=O) groups is 2. The van der Waals surface area contributed by atoms with Gasteiger partial charge >= 0.3 is 0 Å². The average molecular weight is 523 g/mol. The second-order valence-corrected chi connectivity index (χ2v) is 11.9. The molecule has 202 valence electrons. The van der Waals surface area contributed by atoms with Gasteiger partial charge in [-0.05, 0) is 69.9 Å². The molecule has 0 aliphatic heterocycles. The number of hydrogen-bond donors (Lipinski definition) is 3. The van der Waals surface area contributed by atoms with Crippen LogP contribution in [0.15, 0.2) is 24.5 Å². The first kappa shape index (κ1) is 24.7. The van der Waals surface area contributed by atoms with Gasteiger partial charge in [0.1, 0.15) is 24.0 Å². The Morgan fingerprint density at radius 1 is 1.21 bits per heavy atom. The lowest BCUT2D eigenvalue weighted by Gasteiger charge is -2.57. The van der Waals surface area contributed by atoms with E-state index < -0.39 is 11.5 Å². The molecule has 2 amide bonds. The number of hydrogen-bond acceptors (Lipinski definition) is 7. The Hall–Kier alpha value is -3.60. The molecular weight excluding hydrogens is 488 g/mol. The highest BCUT2D eigenvalue weighted by molar-refractivity contribution is 6.01. The highest BCUT2D eigenvalue weighted by Gasteiger charge is 2.54. The molecule has 0 unspecified atom stereocenters. The Labute approximate surface area is 220 Å². The summed E-state index contributed by atoms with van der Waals surface area (Å²) >= 11 is 0. The van der Waals surface area contributed by atoms with Crippen molar-refractivity contribution in [3.8, 4) is 11.6 Å². The third kappa shape index (κ3) is 4.59. The molecule has 3 aromatic heterocycles. The topological polar surface area (TPSA) is 146 Å². The van der Waals surface area contributed by atoms with E-state index in [9.17, 15) is 14.7 Å². The van der Waals surface area contributed by atoms with E-state index in [1.807, 2.05) is 16.6 Å². The second kappa shape index (κ2) is 8.72. The number of aryl methyl sites for hydroxylation is 1. The molecule has 3 saturated carbocycles. The molecule has 0 saturated heterocycles. The molecule has 0 atom stereocenters. The highest BCUT2D eigenvalue weighted by Crippen LogP contribution is 2.57. The first-order valence-electron chi connectivity index (χ1n) is 13.2. The van der Waals surface area contributed by atoms with E-state index in [0.717, 1.165) is 49.7 Å². The van der Waals surface area contributed by atoms with Crippen molar-refractivity contribution in [2.45, 2.75) is 76.0 Å². The first-order chi connectivity index (χ1) is 18.0. The van der Waals surface area contributed by atoms with Gasteiger partial charge < -0.3 is 25.6 Å². The number of amides is 2. The molecule has 0 radical (unpaired) electrons. The van der Waals surface area contributed by atoms with Crippen LogP contribution in [0, 0.1) is 5.41 Å². The maximum Gasteiger partial charge on any atom is 0.255 e. The summed E-state index contributed by atoms with van der Waals surface area (Å²) in [4.78, 5) is 24.8. The molecule has 1 spiro atoms. The molecule has 38 heavy (non-hydrogen) atoms. The average Bonchev–Trinajstić information content (AvgIpc) is 3.42. The number of nitrogens with two attached hydrogens (primary N) is 1. The van der Waals surface area contributed by atoms with Gasteiger partial charge in [-0.3, -0.25) is 14.3 Å². The van der Waals surface area contributed by atoms with Crippen molar-refractivity contribution in [1.29, 1.82) is 0 Å². The lowest BCUT2D eigenvalue weighted by molar-refractivity contribution is -0.0849. The van der Waals surface area contributed by atoms with Gasteiger partial charge in [-0.1, -0.05) is 0 Å². The van der Waals surface area contributed by atoms with E-state index in [4.69, 9.17) is 15.2 Å². The molecule has 3 heterocycles. The summed E-state index contributed by atoms with van der Waals surface area (Å²) in [6, 6.07) is 3.85. The van der Waals surface area contributed by atoms with E-state index in [1.165, 1.54) is 4.68 Å². The van der Waals surface area contributed by atoms with Crippen molar-refractivity contribution in [1.82, 2.24) is 24.7 Å². The summed E-state index contributed by atoms with van der Waals surface area (Å²) < 4.78 is 15.2. The number of primary amides is 1. The zero-order chi connectivity index (χ0) is 26.8. The number of ether oxygens (including phenoxy) is 2. The molecule has 3 fully saturated rings. The quantitative estimate of drug-likeness (QED) is 0.391. The molecule has 3 aliphatic carbocycles. The SMILES string of the molecule is Cn1cc(C(N)=O)c(O[C@H]2CC3(C[C@H](NC(=O)c4cnn5c(C6CC6)c(OCC(C)(C)O)ccc45)C3)C2)n1.